The number of hydrogen-bond donors (Lipinski definition) is 1. The highest BCUT2D eigenvalue weighted by atomic mass is 32.2. The van der Waals surface area contributed by atoms with Crippen molar-refractivity contribution in [3.8, 4) is 5.75 Å². The summed E-state index contributed by atoms with van der Waals surface area (Å²) in [5.41, 5.74) is 1.95. The molecule has 1 fully saturated rings. The van der Waals surface area contributed by atoms with E-state index in [1.54, 1.807) is 18.2 Å². The molecule has 1 aliphatic heterocycles. The van der Waals surface area contributed by atoms with Gasteiger partial charge in [0.2, 0.25) is 10.0 Å². The monoisotopic (exact) mass is 418 g/mol. The Morgan fingerprint density at radius 2 is 1.79 bits per heavy atom. The second-order valence-corrected chi connectivity index (χ2v) is 8.55. The zero-order chi connectivity index (χ0) is 20.9. The van der Waals surface area contributed by atoms with Gasteiger partial charge in [-0.05, 0) is 49.2 Å². The molecule has 7 nitrogen and oxygen atoms in total. The Kier molecular flexibility index (Phi) is 6.89. The predicted octanol–water partition coefficient (Wildman–Crippen LogP) is 2.92. The number of aryl methyl sites for hydroxylation is 1. The number of benzene rings is 2. The zero-order valence-electron chi connectivity index (χ0n) is 16.7. The van der Waals surface area contributed by atoms with Gasteiger partial charge in [-0.3, -0.25) is 4.79 Å². The number of carbonyl (C=O) groups excluding carboxylic acids is 1. The number of nitrogens with one attached hydrogen (secondary N) is 1. The number of amides is 1. The first kappa shape index (κ1) is 21.3. The fourth-order valence-electron chi connectivity index (χ4n) is 3.07. The molecule has 2 aromatic rings. The van der Waals surface area contributed by atoms with Crippen molar-refractivity contribution < 1.29 is 22.7 Å². The Hall–Kier alpha value is -2.42. The van der Waals surface area contributed by atoms with Crippen molar-refractivity contribution in [2.24, 2.45) is 0 Å². The van der Waals surface area contributed by atoms with Crippen molar-refractivity contribution in [1.82, 2.24) is 4.31 Å². The molecule has 1 aliphatic rings. The molecule has 0 bridgehead atoms. The number of ether oxygens (including phenoxy) is 2. The number of rotatable bonds is 7. The summed E-state index contributed by atoms with van der Waals surface area (Å²) in [4.78, 5) is 12.8. The second kappa shape index (κ2) is 9.39. The molecule has 1 N–H and O–H groups in total. The molecule has 0 radical (unpaired) electrons. The van der Waals surface area contributed by atoms with Crippen LogP contribution in [0, 0.1) is 0 Å². The average molecular weight is 419 g/mol. The Morgan fingerprint density at radius 1 is 1.10 bits per heavy atom. The Balaban J connectivity index is 1.89. The van der Waals surface area contributed by atoms with E-state index >= 15 is 0 Å². The van der Waals surface area contributed by atoms with Gasteiger partial charge in [0.1, 0.15) is 5.75 Å². The van der Waals surface area contributed by atoms with Gasteiger partial charge in [0.05, 0.1) is 30.4 Å². The molecule has 0 atom stereocenters. The molecule has 0 aromatic heterocycles. The minimum atomic E-state index is -3.68. The lowest BCUT2D eigenvalue weighted by Crippen LogP contribution is -2.40. The van der Waals surface area contributed by atoms with Crippen LogP contribution in [0.25, 0.3) is 0 Å². The fourth-order valence-corrected chi connectivity index (χ4v) is 4.51. The van der Waals surface area contributed by atoms with Crippen molar-refractivity contribution in [3.05, 3.63) is 53.6 Å². The number of anilines is 1. The van der Waals surface area contributed by atoms with Crippen LogP contribution in [-0.2, 0) is 21.2 Å². The molecule has 8 heteroatoms. The lowest BCUT2D eigenvalue weighted by Gasteiger charge is -2.26. The van der Waals surface area contributed by atoms with Crippen LogP contribution in [0.4, 0.5) is 5.69 Å². The van der Waals surface area contributed by atoms with Gasteiger partial charge in [0.15, 0.2) is 0 Å². The molecule has 1 saturated heterocycles. The van der Waals surface area contributed by atoms with E-state index in [0.29, 0.717) is 49.9 Å². The van der Waals surface area contributed by atoms with E-state index in [4.69, 9.17) is 9.47 Å². The highest BCUT2D eigenvalue weighted by molar-refractivity contribution is 7.89. The summed E-state index contributed by atoms with van der Waals surface area (Å²) in [6, 6.07) is 11.8. The van der Waals surface area contributed by atoms with E-state index in [-0.39, 0.29) is 10.8 Å². The van der Waals surface area contributed by atoms with Crippen molar-refractivity contribution >= 4 is 21.6 Å². The third-order valence-corrected chi connectivity index (χ3v) is 6.63. The van der Waals surface area contributed by atoms with Crippen molar-refractivity contribution in [2.75, 3.05) is 38.2 Å². The first-order valence-electron chi connectivity index (χ1n) is 9.70. The first-order valence-corrected chi connectivity index (χ1v) is 11.1. The standard InChI is InChI=1S/C21H26N2O5S/c1-3-16-5-7-17(8-6-16)21(24)22-19-15-18(9-10-20(19)28-4-2)29(25,26)23-11-13-27-14-12-23/h5-10,15H,3-4,11-14H2,1-2H3,(H,22,24). The van der Waals surface area contributed by atoms with Crippen LogP contribution in [0.2, 0.25) is 0 Å². The molecule has 0 saturated carbocycles. The van der Waals surface area contributed by atoms with Gasteiger partial charge < -0.3 is 14.8 Å². The van der Waals surface area contributed by atoms with Gasteiger partial charge in [0.25, 0.3) is 5.91 Å². The molecular weight excluding hydrogens is 392 g/mol. The quantitative estimate of drug-likeness (QED) is 0.747. The Labute approximate surface area is 171 Å². The van der Waals surface area contributed by atoms with Crippen LogP contribution in [0.15, 0.2) is 47.4 Å². The Morgan fingerprint density at radius 3 is 2.41 bits per heavy atom. The Bertz CT molecular complexity index is 952. The number of morpholine rings is 1. The summed E-state index contributed by atoms with van der Waals surface area (Å²) in [6.07, 6.45) is 0.887. The van der Waals surface area contributed by atoms with Gasteiger partial charge >= 0.3 is 0 Å². The van der Waals surface area contributed by atoms with E-state index < -0.39 is 10.0 Å². The average Bonchev–Trinajstić information content (AvgIpc) is 2.75. The third-order valence-electron chi connectivity index (χ3n) is 4.73. The highest BCUT2D eigenvalue weighted by Gasteiger charge is 2.27. The van der Waals surface area contributed by atoms with Crippen molar-refractivity contribution in [1.29, 1.82) is 0 Å². The number of carbonyl (C=O) groups is 1. The molecule has 29 heavy (non-hydrogen) atoms. The highest BCUT2D eigenvalue weighted by Crippen LogP contribution is 2.30. The van der Waals surface area contributed by atoms with Crippen molar-refractivity contribution in [2.45, 2.75) is 25.2 Å². The molecular formula is C21H26N2O5S. The van der Waals surface area contributed by atoms with Gasteiger partial charge in [-0.15, -0.1) is 0 Å². The van der Waals surface area contributed by atoms with Crippen LogP contribution < -0.4 is 10.1 Å². The van der Waals surface area contributed by atoms with Gasteiger partial charge in [-0.25, -0.2) is 8.42 Å². The van der Waals surface area contributed by atoms with Gasteiger partial charge in [-0.1, -0.05) is 19.1 Å². The molecule has 0 aliphatic carbocycles. The van der Waals surface area contributed by atoms with E-state index in [9.17, 15) is 13.2 Å². The maximum atomic E-state index is 13.0. The second-order valence-electron chi connectivity index (χ2n) is 6.61. The van der Waals surface area contributed by atoms with Crippen LogP contribution in [0.5, 0.6) is 5.75 Å². The molecule has 1 heterocycles. The van der Waals surface area contributed by atoms with Crippen molar-refractivity contribution in [3.63, 3.8) is 0 Å². The summed E-state index contributed by atoms with van der Waals surface area (Å²) in [5.74, 6) is 0.0986. The lowest BCUT2D eigenvalue weighted by molar-refractivity contribution is 0.0730. The van der Waals surface area contributed by atoms with E-state index in [1.165, 1.54) is 16.4 Å². The smallest absolute Gasteiger partial charge is 0.255 e. The maximum Gasteiger partial charge on any atom is 0.255 e. The van der Waals surface area contributed by atoms with Gasteiger partial charge in [-0.2, -0.15) is 4.31 Å². The number of hydrogen-bond acceptors (Lipinski definition) is 5. The number of nitrogens with zero attached hydrogens (tertiary/aromatic N) is 1. The largest absolute Gasteiger partial charge is 0.492 e. The minimum absolute atomic E-state index is 0.111. The summed E-state index contributed by atoms with van der Waals surface area (Å²) < 4.78 is 38.1. The van der Waals surface area contributed by atoms with Crippen LogP contribution in [0.3, 0.4) is 0 Å². The summed E-state index contributed by atoms with van der Waals surface area (Å²) in [6.45, 7) is 5.62. The predicted molar refractivity (Wildman–Crippen MR) is 111 cm³/mol. The summed E-state index contributed by atoms with van der Waals surface area (Å²) in [5, 5.41) is 2.79. The summed E-state index contributed by atoms with van der Waals surface area (Å²) in [7, 11) is -3.68. The summed E-state index contributed by atoms with van der Waals surface area (Å²) >= 11 is 0. The lowest BCUT2D eigenvalue weighted by atomic mass is 10.1. The van der Waals surface area contributed by atoms with E-state index in [2.05, 4.69) is 5.32 Å². The number of sulfonamides is 1. The maximum absolute atomic E-state index is 13.0. The van der Waals surface area contributed by atoms with E-state index in [1.807, 2.05) is 26.0 Å². The first-order chi connectivity index (χ1) is 14.0. The zero-order valence-corrected chi connectivity index (χ0v) is 17.5. The van der Waals surface area contributed by atoms with Crippen LogP contribution in [-0.4, -0.2) is 51.5 Å². The molecule has 0 unspecified atom stereocenters. The van der Waals surface area contributed by atoms with Crippen LogP contribution >= 0.6 is 0 Å². The van der Waals surface area contributed by atoms with Crippen LogP contribution in [0.1, 0.15) is 29.8 Å². The van der Waals surface area contributed by atoms with E-state index in [0.717, 1.165) is 12.0 Å². The third kappa shape index (κ3) is 4.95. The fraction of sp³-hybridized carbons (Fsp3) is 0.381. The normalized spacial score (nSPS) is 15.1. The molecule has 2 aromatic carbocycles. The minimum Gasteiger partial charge on any atom is -0.492 e. The molecule has 3 rings (SSSR count). The topological polar surface area (TPSA) is 84.9 Å². The SMILES string of the molecule is CCOc1ccc(S(=O)(=O)N2CCOCC2)cc1NC(=O)c1ccc(CC)cc1. The van der Waals surface area contributed by atoms with Gasteiger partial charge in [0, 0.05) is 18.7 Å². The molecule has 0 spiro atoms. The molecule has 1 amide bonds. The molecule has 156 valence electrons.